The highest BCUT2D eigenvalue weighted by atomic mass is 16.5. The van der Waals surface area contributed by atoms with E-state index in [9.17, 15) is 14.4 Å². The largest absolute Gasteiger partial charge is 0.465 e. The topological polar surface area (TPSA) is 93.7 Å². The van der Waals surface area contributed by atoms with Gasteiger partial charge in [-0.05, 0) is 49.2 Å². The first-order valence-corrected chi connectivity index (χ1v) is 8.26. The fourth-order valence-electron chi connectivity index (χ4n) is 2.48. The van der Waals surface area contributed by atoms with Gasteiger partial charge < -0.3 is 20.1 Å². The number of benzene rings is 2. The maximum atomic E-state index is 12.3. The quantitative estimate of drug-likeness (QED) is 0.760. The van der Waals surface area contributed by atoms with Gasteiger partial charge >= 0.3 is 11.9 Å². The van der Waals surface area contributed by atoms with Crippen molar-refractivity contribution in [2.45, 2.75) is 13.8 Å². The van der Waals surface area contributed by atoms with Crippen LogP contribution in [0.1, 0.15) is 31.8 Å². The van der Waals surface area contributed by atoms with E-state index in [1.165, 1.54) is 32.4 Å². The van der Waals surface area contributed by atoms with Gasteiger partial charge in [0.05, 0.1) is 31.9 Å². The molecule has 0 radical (unpaired) electrons. The van der Waals surface area contributed by atoms with Crippen molar-refractivity contribution in [2.75, 3.05) is 31.4 Å². The Hall–Kier alpha value is -3.35. The van der Waals surface area contributed by atoms with Crippen LogP contribution < -0.4 is 10.6 Å². The van der Waals surface area contributed by atoms with Crippen LogP contribution in [0, 0.1) is 13.8 Å². The van der Waals surface area contributed by atoms with E-state index in [1.807, 2.05) is 32.0 Å². The Bertz CT molecular complexity index is 842. The zero-order valence-electron chi connectivity index (χ0n) is 15.7. The van der Waals surface area contributed by atoms with Gasteiger partial charge in [-0.15, -0.1) is 0 Å². The van der Waals surface area contributed by atoms with Crippen molar-refractivity contribution in [3.8, 4) is 0 Å². The van der Waals surface area contributed by atoms with Crippen LogP contribution in [0.3, 0.4) is 0 Å². The SMILES string of the molecule is COC(=O)c1cc(NC(=O)CNc2cc(C)ccc2C)cc(C(=O)OC)c1. The van der Waals surface area contributed by atoms with E-state index < -0.39 is 11.9 Å². The minimum atomic E-state index is -0.621. The third-order valence-corrected chi connectivity index (χ3v) is 3.89. The van der Waals surface area contributed by atoms with Crippen molar-refractivity contribution in [3.05, 3.63) is 58.7 Å². The summed E-state index contributed by atoms with van der Waals surface area (Å²) in [5, 5.41) is 5.74. The van der Waals surface area contributed by atoms with E-state index in [0.717, 1.165) is 16.8 Å². The van der Waals surface area contributed by atoms with Gasteiger partial charge in [-0.3, -0.25) is 4.79 Å². The summed E-state index contributed by atoms with van der Waals surface area (Å²) in [5.41, 5.74) is 3.54. The molecule has 2 N–H and O–H groups in total. The lowest BCUT2D eigenvalue weighted by atomic mass is 10.1. The molecule has 142 valence electrons. The number of hydrogen-bond acceptors (Lipinski definition) is 6. The molecule has 0 aliphatic rings. The molecule has 0 atom stereocenters. The molecule has 7 nitrogen and oxygen atoms in total. The molecule has 0 heterocycles. The van der Waals surface area contributed by atoms with Gasteiger partial charge in [0.25, 0.3) is 0 Å². The minimum Gasteiger partial charge on any atom is -0.465 e. The first kappa shape index (κ1) is 20.0. The minimum absolute atomic E-state index is 0.0281. The lowest BCUT2D eigenvalue weighted by Gasteiger charge is -2.12. The number of methoxy groups -OCH3 is 2. The van der Waals surface area contributed by atoms with Crippen LogP contribution in [-0.2, 0) is 14.3 Å². The Labute approximate surface area is 157 Å². The molecule has 0 aliphatic heterocycles. The van der Waals surface area contributed by atoms with Crippen LogP contribution >= 0.6 is 0 Å². The van der Waals surface area contributed by atoms with Gasteiger partial charge in [-0.2, -0.15) is 0 Å². The Balaban J connectivity index is 2.15. The Morgan fingerprint density at radius 1 is 0.889 bits per heavy atom. The normalized spacial score (nSPS) is 10.1. The lowest BCUT2D eigenvalue weighted by molar-refractivity contribution is -0.114. The van der Waals surface area contributed by atoms with Crippen LogP contribution in [0.25, 0.3) is 0 Å². The van der Waals surface area contributed by atoms with Crippen LogP contribution in [0.2, 0.25) is 0 Å². The average Bonchev–Trinajstić information content (AvgIpc) is 2.67. The van der Waals surface area contributed by atoms with Crippen molar-refractivity contribution in [1.82, 2.24) is 0 Å². The molecule has 1 amide bonds. The highest BCUT2D eigenvalue weighted by molar-refractivity contribution is 6.00. The Morgan fingerprint density at radius 2 is 1.48 bits per heavy atom. The van der Waals surface area contributed by atoms with Crippen molar-refractivity contribution >= 4 is 29.2 Å². The summed E-state index contributed by atoms with van der Waals surface area (Å²) in [6.07, 6.45) is 0. The molecule has 0 aliphatic carbocycles. The second-order valence-electron chi connectivity index (χ2n) is 6.00. The van der Waals surface area contributed by atoms with Crippen molar-refractivity contribution in [1.29, 1.82) is 0 Å². The number of amides is 1. The number of carbonyl (C=O) groups excluding carboxylic acids is 3. The summed E-state index contributed by atoms with van der Waals surface area (Å²) in [4.78, 5) is 35.9. The number of hydrogen-bond donors (Lipinski definition) is 2. The molecule has 0 saturated carbocycles. The molecule has 2 rings (SSSR count). The van der Waals surface area contributed by atoms with Crippen LogP contribution in [0.5, 0.6) is 0 Å². The van der Waals surface area contributed by atoms with Gasteiger partial charge in [0.15, 0.2) is 0 Å². The summed E-state index contributed by atoms with van der Waals surface area (Å²) in [7, 11) is 2.47. The number of aryl methyl sites for hydroxylation is 2. The van der Waals surface area contributed by atoms with E-state index in [4.69, 9.17) is 0 Å². The van der Waals surface area contributed by atoms with Gasteiger partial charge in [-0.1, -0.05) is 12.1 Å². The molecule has 0 unspecified atom stereocenters. The van der Waals surface area contributed by atoms with Crippen molar-refractivity contribution in [3.63, 3.8) is 0 Å². The molecule has 27 heavy (non-hydrogen) atoms. The second-order valence-corrected chi connectivity index (χ2v) is 6.00. The maximum Gasteiger partial charge on any atom is 0.337 e. The molecule has 0 spiro atoms. The molecule has 0 fully saturated rings. The van der Waals surface area contributed by atoms with Gasteiger partial charge in [0.1, 0.15) is 0 Å². The molecule has 0 saturated heterocycles. The molecule has 7 heteroatoms. The van der Waals surface area contributed by atoms with E-state index in [-0.39, 0.29) is 23.6 Å². The lowest BCUT2D eigenvalue weighted by Crippen LogP contribution is -2.22. The van der Waals surface area contributed by atoms with E-state index in [2.05, 4.69) is 20.1 Å². The number of anilines is 2. The monoisotopic (exact) mass is 370 g/mol. The average molecular weight is 370 g/mol. The van der Waals surface area contributed by atoms with Gasteiger partial charge in [0, 0.05) is 11.4 Å². The fraction of sp³-hybridized carbons (Fsp3) is 0.250. The third kappa shape index (κ3) is 5.31. The number of esters is 2. The third-order valence-electron chi connectivity index (χ3n) is 3.89. The first-order chi connectivity index (χ1) is 12.8. The van der Waals surface area contributed by atoms with Crippen LogP contribution in [0.4, 0.5) is 11.4 Å². The fourth-order valence-corrected chi connectivity index (χ4v) is 2.48. The predicted molar refractivity (Wildman–Crippen MR) is 102 cm³/mol. The van der Waals surface area contributed by atoms with E-state index in [0.29, 0.717) is 5.69 Å². The van der Waals surface area contributed by atoms with E-state index >= 15 is 0 Å². The van der Waals surface area contributed by atoms with E-state index in [1.54, 1.807) is 0 Å². The van der Waals surface area contributed by atoms with Crippen molar-refractivity contribution < 1.29 is 23.9 Å². The molecule has 0 aromatic heterocycles. The number of carbonyl (C=O) groups is 3. The summed E-state index contributed by atoms with van der Waals surface area (Å²) < 4.78 is 9.36. The van der Waals surface area contributed by atoms with Gasteiger partial charge in [-0.25, -0.2) is 9.59 Å². The number of nitrogens with one attached hydrogen (secondary N) is 2. The zero-order chi connectivity index (χ0) is 20.0. The molecule has 2 aromatic carbocycles. The predicted octanol–water partition coefficient (Wildman–Crippen LogP) is 2.93. The van der Waals surface area contributed by atoms with Crippen LogP contribution in [-0.4, -0.2) is 38.6 Å². The number of ether oxygens (including phenoxy) is 2. The summed E-state index contributed by atoms with van der Waals surface area (Å²) in [6, 6.07) is 10.1. The highest BCUT2D eigenvalue weighted by Gasteiger charge is 2.15. The molecular weight excluding hydrogens is 348 g/mol. The summed E-state index contributed by atoms with van der Waals surface area (Å²) in [5.74, 6) is -1.57. The molecule has 0 bridgehead atoms. The maximum absolute atomic E-state index is 12.3. The molecule has 2 aromatic rings. The first-order valence-electron chi connectivity index (χ1n) is 8.26. The smallest absolute Gasteiger partial charge is 0.337 e. The summed E-state index contributed by atoms with van der Waals surface area (Å²) >= 11 is 0. The Morgan fingerprint density at radius 3 is 2.04 bits per heavy atom. The van der Waals surface area contributed by atoms with Crippen LogP contribution in [0.15, 0.2) is 36.4 Å². The zero-order valence-corrected chi connectivity index (χ0v) is 15.7. The summed E-state index contributed by atoms with van der Waals surface area (Å²) in [6.45, 7) is 3.94. The van der Waals surface area contributed by atoms with Gasteiger partial charge in [0.2, 0.25) is 5.91 Å². The molecular formula is C20H22N2O5. The van der Waals surface area contributed by atoms with Crippen molar-refractivity contribution in [2.24, 2.45) is 0 Å². The Kier molecular flexibility index (Phi) is 6.54. The standard InChI is InChI=1S/C20H22N2O5/c1-12-5-6-13(2)17(7-12)21-11-18(23)22-16-9-14(19(24)26-3)8-15(10-16)20(25)27-4/h5-10,21H,11H2,1-4H3,(H,22,23). The second kappa shape index (κ2) is 8.84. The highest BCUT2D eigenvalue weighted by Crippen LogP contribution is 2.18. The number of rotatable bonds is 6.